The Labute approximate surface area is 128 Å². The molecule has 0 aliphatic rings. The fraction of sp³-hybridized carbons (Fsp3) is 0.467. The summed E-state index contributed by atoms with van der Waals surface area (Å²) in [6.07, 6.45) is 0.551. The Morgan fingerprint density at radius 3 is 2.64 bits per heavy atom. The van der Waals surface area contributed by atoms with Crippen LogP contribution in [0.3, 0.4) is 0 Å². The molecule has 7 nitrogen and oxygen atoms in total. The van der Waals surface area contributed by atoms with Crippen LogP contribution in [0.1, 0.15) is 42.6 Å². The van der Waals surface area contributed by atoms with Gasteiger partial charge < -0.3 is 9.47 Å². The molecule has 0 bridgehead atoms. The molecule has 0 saturated carbocycles. The highest BCUT2D eigenvalue weighted by Gasteiger charge is 2.22. The monoisotopic (exact) mass is 309 g/mol. The van der Waals surface area contributed by atoms with Gasteiger partial charge in [0.05, 0.1) is 17.1 Å². The molecule has 0 amide bonds. The van der Waals surface area contributed by atoms with Crippen LogP contribution in [0.5, 0.6) is 0 Å². The van der Waals surface area contributed by atoms with Crippen molar-refractivity contribution in [2.24, 2.45) is 0 Å². The number of nitro groups is 1. The van der Waals surface area contributed by atoms with Gasteiger partial charge in [-0.25, -0.2) is 9.59 Å². The van der Waals surface area contributed by atoms with Gasteiger partial charge in [0.25, 0.3) is 5.69 Å². The summed E-state index contributed by atoms with van der Waals surface area (Å²) in [4.78, 5) is 33.8. The van der Waals surface area contributed by atoms with Crippen LogP contribution in [0.25, 0.3) is 0 Å². The molecule has 0 aliphatic carbocycles. The van der Waals surface area contributed by atoms with Gasteiger partial charge in [0.15, 0.2) is 6.10 Å². The van der Waals surface area contributed by atoms with Crippen molar-refractivity contribution < 1.29 is 24.0 Å². The van der Waals surface area contributed by atoms with Crippen LogP contribution in [0.2, 0.25) is 0 Å². The van der Waals surface area contributed by atoms with E-state index in [9.17, 15) is 19.7 Å². The van der Waals surface area contributed by atoms with Crippen LogP contribution >= 0.6 is 0 Å². The molecule has 0 radical (unpaired) electrons. The number of carbonyl (C=O) groups excluding carboxylic acids is 2. The topological polar surface area (TPSA) is 95.7 Å². The lowest BCUT2D eigenvalue weighted by Crippen LogP contribution is -2.26. The highest BCUT2D eigenvalue weighted by atomic mass is 16.6. The number of nitrogens with zero attached hydrogens (tertiary/aromatic N) is 1. The van der Waals surface area contributed by atoms with Gasteiger partial charge >= 0.3 is 11.9 Å². The molecule has 0 saturated heterocycles. The Morgan fingerprint density at radius 2 is 2.05 bits per heavy atom. The van der Waals surface area contributed by atoms with E-state index in [1.807, 2.05) is 6.92 Å². The number of hydrogen-bond acceptors (Lipinski definition) is 6. The zero-order chi connectivity index (χ0) is 16.7. The highest BCUT2D eigenvalue weighted by Crippen LogP contribution is 2.20. The number of ether oxygens (including phenoxy) is 2. The van der Waals surface area contributed by atoms with Gasteiger partial charge in [0, 0.05) is 11.6 Å². The normalized spacial score (nSPS) is 11.6. The van der Waals surface area contributed by atoms with E-state index in [4.69, 9.17) is 9.47 Å². The lowest BCUT2D eigenvalue weighted by atomic mass is 10.1. The quantitative estimate of drug-likeness (QED) is 0.332. The second kappa shape index (κ2) is 8.11. The maximum absolute atomic E-state index is 11.9. The van der Waals surface area contributed by atoms with Crippen molar-refractivity contribution in [1.82, 2.24) is 0 Å². The molecular weight excluding hydrogens is 290 g/mol. The SMILES string of the molecule is CCCCOC(=O)[C@H](C)OC(=O)c1ccc(C)c([N+](=O)[O-])c1. The lowest BCUT2D eigenvalue weighted by molar-refractivity contribution is -0.385. The average Bonchev–Trinajstić information content (AvgIpc) is 2.47. The second-order valence-electron chi connectivity index (χ2n) is 4.83. The number of nitro benzene ring substituents is 1. The number of carbonyl (C=O) groups is 2. The Balaban J connectivity index is 2.70. The molecule has 0 spiro atoms. The highest BCUT2D eigenvalue weighted by molar-refractivity contribution is 5.92. The molecule has 1 atom stereocenters. The fourth-order valence-electron chi connectivity index (χ4n) is 1.64. The number of benzene rings is 1. The minimum absolute atomic E-state index is 0.0190. The van der Waals surface area contributed by atoms with E-state index in [-0.39, 0.29) is 17.9 Å². The molecule has 120 valence electrons. The van der Waals surface area contributed by atoms with Crippen molar-refractivity contribution in [2.75, 3.05) is 6.61 Å². The number of hydrogen-bond donors (Lipinski definition) is 0. The van der Waals surface area contributed by atoms with Gasteiger partial charge in [0.2, 0.25) is 0 Å². The minimum atomic E-state index is -1.07. The van der Waals surface area contributed by atoms with Crippen LogP contribution in [0.4, 0.5) is 5.69 Å². The molecule has 0 aliphatic heterocycles. The third-order valence-electron chi connectivity index (χ3n) is 3.00. The predicted molar refractivity (Wildman–Crippen MR) is 78.6 cm³/mol. The third kappa shape index (κ3) is 4.83. The van der Waals surface area contributed by atoms with E-state index >= 15 is 0 Å². The number of esters is 2. The molecule has 1 aromatic rings. The van der Waals surface area contributed by atoms with E-state index in [0.29, 0.717) is 5.56 Å². The average molecular weight is 309 g/mol. The van der Waals surface area contributed by atoms with Gasteiger partial charge in [-0.2, -0.15) is 0 Å². The van der Waals surface area contributed by atoms with Gasteiger partial charge in [0.1, 0.15) is 0 Å². The molecule has 0 fully saturated rings. The standard InChI is InChI=1S/C15H19NO6/c1-4-5-8-21-14(17)11(3)22-15(18)12-7-6-10(2)13(9-12)16(19)20/h6-7,9,11H,4-5,8H2,1-3H3/t11-/m0/s1. The summed E-state index contributed by atoms with van der Waals surface area (Å²) >= 11 is 0. The van der Waals surface area contributed by atoms with Crippen molar-refractivity contribution in [3.8, 4) is 0 Å². The molecule has 22 heavy (non-hydrogen) atoms. The molecule has 0 N–H and O–H groups in total. The Hall–Kier alpha value is -2.44. The predicted octanol–water partition coefficient (Wildman–Crippen LogP) is 2.79. The summed E-state index contributed by atoms with van der Waals surface area (Å²) in [7, 11) is 0. The maximum atomic E-state index is 11.9. The van der Waals surface area contributed by atoms with E-state index in [2.05, 4.69) is 0 Å². The molecule has 0 heterocycles. The Kier molecular flexibility index (Phi) is 6.49. The molecule has 7 heteroatoms. The van der Waals surface area contributed by atoms with Crippen molar-refractivity contribution in [3.05, 3.63) is 39.4 Å². The van der Waals surface area contributed by atoms with Crippen LogP contribution in [-0.4, -0.2) is 29.6 Å². The van der Waals surface area contributed by atoms with Gasteiger partial charge in [-0.05, 0) is 26.3 Å². The second-order valence-corrected chi connectivity index (χ2v) is 4.83. The third-order valence-corrected chi connectivity index (χ3v) is 3.00. The first-order valence-corrected chi connectivity index (χ1v) is 6.99. The minimum Gasteiger partial charge on any atom is -0.463 e. The van der Waals surface area contributed by atoms with E-state index < -0.39 is 23.0 Å². The molecule has 1 aromatic carbocycles. The fourth-order valence-corrected chi connectivity index (χ4v) is 1.64. The van der Waals surface area contributed by atoms with Crippen molar-refractivity contribution in [1.29, 1.82) is 0 Å². The Bertz CT molecular complexity index is 569. The Morgan fingerprint density at radius 1 is 1.36 bits per heavy atom. The van der Waals surface area contributed by atoms with Gasteiger partial charge in [-0.3, -0.25) is 10.1 Å². The van der Waals surface area contributed by atoms with E-state index in [1.54, 1.807) is 6.92 Å². The first-order valence-electron chi connectivity index (χ1n) is 6.99. The van der Waals surface area contributed by atoms with E-state index in [1.165, 1.54) is 19.1 Å². The lowest BCUT2D eigenvalue weighted by Gasteiger charge is -2.12. The van der Waals surface area contributed by atoms with Crippen molar-refractivity contribution >= 4 is 17.6 Å². The van der Waals surface area contributed by atoms with Crippen LogP contribution < -0.4 is 0 Å². The zero-order valence-corrected chi connectivity index (χ0v) is 12.8. The molecule has 1 rings (SSSR count). The summed E-state index contributed by atoms with van der Waals surface area (Å²) in [6, 6.07) is 4.01. The number of rotatable bonds is 7. The van der Waals surface area contributed by atoms with Crippen LogP contribution in [0.15, 0.2) is 18.2 Å². The summed E-state index contributed by atoms with van der Waals surface area (Å²) in [5.41, 5.74) is 0.284. The summed E-state index contributed by atoms with van der Waals surface area (Å²) in [5.74, 6) is -1.44. The van der Waals surface area contributed by atoms with Gasteiger partial charge in [-0.15, -0.1) is 0 Å². The summed E-state index contributed by atoms with van der Waals surface area (Å²) < 4.78 is 9.91. The summed E-state index contributed by atoms with van der Waals surface area (Å²) in [5, 5.41) is 10.9. The number of aryl methyl sites for hydroxylation is 1. The first-order chi connectivity index (χ1) is 10.4. The smallest absolute Gasteiger partial charge is 0.347 e. The molecule has 0 unspecified atom stereocenters. The maximum Gasteiger partial charge on any atom is 0.347 e. The van der Waals surface area contributed by atoms with Crippen molar-refractivity contribution in [3.63, 3.8) is 0 Å². The van der Waals surface area contributed by atoms with Crippen LogP contribution in [-0.2, 0) is 14.3 Å². The molecular formula is C15H19NO6. The largest absolute Gasteiger partial charge is 0.463 e. The molecule has 0 aromatic heterocycles. The van der Waals surface area contributed by atoms with Crippen LogP contribution in [0, 0.1) is 17.0 Å². The summed E-state index contributed by atoms with van der Waals surface area (Å²) in [6.45, 7) is 5.20. The van der Waals surface area contributed by atoms with Crippen molar-refractivity contribution in [2.45, 2.75) is 39.7 Å². The van der Waals surface area contributed by atoms with E-state index in [0.717, 1.165) is 18.9 Å². The van der Waals surface area contributed by atoms with Gasteiger partial charge in [-0.1, -0.05) is 19.4 Å². The first kappa shape index (κ1) is 17.6. The zero-order valence-electron chi connectivity index (χ0n) is 12.8. The number of unbranched alkanes of at least 4 members (excludes halogenated alkanes) is 1.